The molecule has 0 heterocycles. The Labute approximate surface area is 128 Å². The van der Waals surface area contributed by atoms with Gasteiger partial charge in [-0.1, -0.05) is 0 Å². The fraction of sp³-hybridized carbons (Fsp3) is 0.250. The van der Waals surface area contributed by atoms with Gasteiger partial charge >= 0.3 is 11.4 Å². The van der Waals surface area contributed by atoms with Crippen LogP contribution in [0.5, 0.6) is 23.0 Å². The molecule has 0 saturated carbocycles. The summed E-state index contributed by atoms with van der Waals surface area (Å²) >= 11 is 0. The molecule has 0 radical (unpaired) electrons. The van der Waals surface area contributed by atoms with E-state index in [1.165, 1.54) is 14.2 Å². The topological polar surface area (TPSA) is 57.0 Å². The van der Waals surface area contributed by atoms with Gasteiger partial charge in [0, 0.05) is 29.2 Å². The van der Waals surface area contributed by atoms with Crippen molar-refractivity contribution in [3.8, 4) is 23.0 Å². The van der Waals surface area contributed by atoms with E-state index in [0.29, 0.717) is 34.4 Å². The molecule has 0 bridgehead atoms. The van der Waals surface area contributed by atoms with Crippen LogP contribution >= 0.6 is 0 Å². The lowest BCUT2D eigenvalue weighted by Gasteiger charge is -2.07. The fourth-order valence-electron chi connectivity index (χ4n) is 2.04. The number of hydrogen-bond acceptors (Lipinski definition) is 5. The van der Waals surface area contributed by atoms with Crippen molar-refractivity contribution in [3.63, 3.8) is 0 Å². The van der Waals surface area contributed by atoms with E-state index in [4.69, 9.17) is 18.9 Å². The maximum atomic E-state index is 12.7. The first kappa shape index (κ1) is 15.6. The van der Waals surface area contributed by atoms with E-state index in [1.807, 2.05) is 0 Å². The summed E-state index contributed by atoms with van der Waals surface area (Å²) in [6, 6.07) is 9.95. The standard InChI is InChI=1S/C16H18NO5/c1-19-11-5-7-13(15(9-11)21-3)17(18)14-8-6-12(20-2)10-16(14)22-4/h5-10H,1-4H3/q+1. The molecule has 2 aromatic carbocycles. The molecule has 0 aliphatic rings. The Morgan fingerprint density at radius 2 is 1.09 bits per heavy atom. The highest BCUT2D eigenvalue weighted by Crippen LogP contribution is 2.38. The maximum Gasteiger partial charge on any atom is 0.305 e. The van der Waals surface area contributed by atoms with Gasteiger partial charge in [0.2, 0.25) is 0 Å². The van der Waals surface area contributed by atoms with Gasteiger partial charge < -0.3 is 18.9 Å². The lowest BCUT2D eigenvalue weighted by molar-refractivity contribution is 0.390. The third-order valence-corrected chi connectivity index (χ3v) is 3.21. The summed E-state index contributed by atoms with van der Waals surface area (Å²) in [6.07, 6.45) is 0. The molecule has 0 unspecified atom stereocenters. The summed E-state index contributed by atoms with van der Waals surface area (Å²) in [5.41, 5.74) is 0.707. The normalized spacial score (nSPS) is 10.0. The first-order valence-electron chi connectivity index (χ1n) is 6.56. The van der Waals surface area contributed by atoms with Crippen LogP contribution in [0.3, 0.4) is 0 Å². The minimum atomic E-state index is 0.353. The van der Waals surface area contributed by atoms with Crippen molar-refractivity contribution >= 4 is 11.4 Å². The predicted molar refractivity (Wildman–Crippen MR) is 83.9 cm³/mol. The molecule has 0 aliphatic carbocycles. The van der Waals surface area contributed by atoms with Crippen LogP contribution in [0.25, 0.3) is 0 Å². The van der Waals surface area contributed by atoms with Crippen molar-refractivity contribution in [1.29, 1.82) is 0 Å². The van der Waals surface area contributed by atoms with E-state index < -0.39 is 0 Å². The van der Waals surface area contributed by atoms with Gasteiger partial charge in [0.15, 0.2) is 11.5 Å². The number of hydrogen-bond donors (Lipinski definition) is 0. The van der Waals surface area contributed by atoms with Crippen LogP contribution < -0.4 is 23.7 Å². The van der Waals surface area contributed by atoms with Crippen LogP contribution in [-0.2, 0) is 0 Å². The summed E-state index contributed by atoms with van der Waals surface area (Å²) in [6.45, 7) is 0. The maximum absolute atomic E-state index is 12.7. The Balaban J connectivity index is 2.48. The molecule has 0 atom stereocenters. The van der Waals surface area contributed by atoms with Crippen molar-refractivity contribution in [2.75, 3.05) is 28.4 Å². The van der Waals surface area contributed by atoms with Gasteiger partial charge in [-0.15, -0.1) is 0 Å². The highest BCUT2D eigenvalue weighted by Gasteiger charge is 2.27. The number of methoxy groups -OCH3 is 4. The van der Waals surface area contributed by atoms with Crippen LogP contribution in [0.2, 0.25) is 0 Å². The molecule has 0 amide bonds. The molecule has 2 aromatic rings. The molecule has 6 heteroatoms. The van der Waals surface area contributed by atoms with Crippen molar-refractivity contribution in [1.82, 2.24) is 4.76 Å². The van der Waals surface area contributed by atoms with Crippen LogP contribution in [0.15, 0.2) is 36.4 Å². The number of rotatable bonds is 6. The van der Waals surface area contributed by atoms with Gasteiger partial charge in [-0.2, -0.15) is 0 Å². The molecule has 116 valence electrons. The minimum absolute atomic E-state index is 0.353. The molecule has 2 rings (SSSR count). The Hall–Kier alpha value is -2.76. The quantitative estimate of drug-likeness (QED) is 0.766. The molecule has 0 aromatic heterocycles. The Morgan fingerprint density at radius 3 is 1.41 bits per heavy atom. The van der Waals surface area contributed by atoms with E-state index in [9.17, 15) is 4.91 Å². The van der Waals surface area contributed by atoms with Gasteiger partial charge in [-0.05, 0) is 12.1 Å². The lowest BCUT2D eigenvalue weighted by Crippen LogP contribution is -2.03. The van der Waals surface area contributed by atoms with Crippen molar-refractivity contribution in [2.45, 2.75) is 0 Å². The summed E-state index contributed by atoms with van der Waals surface area (Å²) in [7, 11) is 6.10. The zero-order valence-corrected chi connectivity index (χ0v) is 13.0. The summed E-state index contributed by atoms with van der Waals surface area (Å²) in [5, 5.41) is 0. The Kier molecular flexibility index (Phi) is 4.83. The minimum Gasteiger partial charge on any atom is -0.497 e. The van der Waals surface area contributed by atoms with Crippen molar-refractivity contribution < 1.29 is 18.9 Å². The second-order valence-corrected chi connectivity index (χ2v) is 4.37. The van der Waals surface area contributed by atoms with Gasteiger partial charge in [-0.3, -0.25) is 0 Å². The molecule has 0 N–H and O–H groups in total. The third-order valence-electron chi connectivity index (χ3n) is 3.21. The van der Waals surface area contributed by atoms with Crippen LogP contribution in [0.4, 0.5) is 11.4 Å². The van der Waals surface area contributed by atoms with E-state index >= 15 is 0 Å². The summed E-state index contributed by atoms with van der Waals surface area (Å²) in [4.78, 5) is 12.7. The number of nitrogens with zero attached hydrogens (tertiary/aromatic N) is 1. The predicted octanol–water partition coefficient (Wildman–Crippen LogP) is 3.32. The zero-order chi connectivity index (χ0) is 16.1. The van der Waals surface area contributed by atoms with E-state index in [2.05, 4.69) is 0 Å². The average Bonchev–Trinajstić information content (AvgIpc) is 2.59. The molecule has 0 fully saturated rings. The molecular weight excluding hydrogens is 286 g/mol. The first-order chi connectivity index (χ1) is 10.6. The monoisotopic (exact) mass is 304 g/mol. The van der Waals surface area contributed by atoms with E-state index in [0.717, 1.165) is 4.76 Å². The largest absolute Gasteiger partial charge is 0.497 e. The Bertz CT molecular complexity index is 627. The van der Waals surface area contributed by atoms with Gasteiger partial charge in [0.25, 0.3) is 0 Å². The van der Waals surface area contributed by atoms with Crippen LogP contribution in [-0.4, -0.2) is 28.4 Å². The number of ether oxygens (including phenoxy) is 4. The molecule has 0 spiro atoms. The van der Waals surface area contributed by atoms with Crippen molar-refractivity contribution in [2.24, 2.45) is 0 Å². The smallest absolute Gasteiger partial charge is 0.305 e. The van der Waals surface area contributed by atoms with E-state index in [-0.39, 0.29) is 0 Å². The SMILES string of the molecule is COc1ccc([N+](=O)c2ccc(OC)cc2OC)c(OC)c1. The zero-order valence-electron chi connectivity index (χ0n) is 13.0. The lowest BCUT2D eigenvalue weighted by atomic mass is 10.2. The molecule has 0 aliphatic heterocycles. The highest BCUT2D eigenvalue weighted by molar-refractivity contribution is 5.66. The van der Waals surface area contributed by atoms with Crippen LogP contribution in [0, 0.1) is 4.91 Å². The Morgan fingerprint density at radius 1 is 0.682 bits per heavy atom. The molecule has 0 saturated heterocycles. The number of nitroso groups, excluding NO2 is 1. The first-order valence-corrected chi connectivity index (χ1v) is 6.56. The average molecular weight is 304 g/mol. The summed E-state index contributed by atoms with van der Waals surface area (Å²) in [5.74, 6) is 2.03. The van der Waals surface area contributed by atoms with Crippen molar-refractivity contribution in [3.05, 3.63) is 41.3 Å². The van der Waals surface area contributed by atoms with Crippen LogP contribution in [0.1, 0.15) is 0 Å². The van der Waals surface area contributed by atoms with Gasteiger partial charge in [-0.25, -0.2) is 0 Å². The molecular formula is C16H18NO5+. The summed E-state index contributed by atoms with van der Waals surface area (Å²) < 4.78 is 21.5. The highest BCUT2D eigenvalue weighted by atomic mass is 16.5. The third kappa shape index (κ3) is 2.95. The van der Waals surface area contributed by atoms with E-state index in [1.54, 1.807) is 50.6 Å². The van der Waals surface area contributed by atoms with Gasteiger partial charge in [0.05, 0.1) is 33.2 Å². The molecule has 22 heavy (non-hydrogen) atoms. The second kappa shape index (κ2) is 6.80. The number of benzene rings is 2. The molecule has 6 nitrogen and oxygen atoms in total. The van der Waals surface area contributed by atoms with Gasteiger partial charge in [0.1, 0.15) is 11.5 Å². The fourth-order valence-corrected chi connectivity index (χ4v) is 2.04. The second-order valence-electron chi connectivity index (χ2n) is 4.37.